The molecule has 0 radical (unpaired) electrons. The lowest BCUT2D eigenvalue weighted by Gasteiger charge is -2.28. The first-order valence-electron chi connectivity index (χ1n) is 6.85. The SMILES string of the molecule is CCN(C(=O)COC1CCC(C)NC1)C1CC1. The molecular weight excluding hydrogens is 216 g/mol. The zero-order valence-electron chi connectivity index (χ0n) is 10.9. The topological polar surface area (TPSA) is 41.6 Å². The lowest BCUT2D eigenvalue weighted by Crippen LogP contribution is -2.43. The van der Waals surface area contributed by atoms with Gasteiger partial charge in [-0.15, -0.1) is 0 Å². The molecule has 0 spiro atoms. The van der Waals surface area contributed by atoms with Crippen LogP contribution in [0, 0.1) is 0 Å². The van der Waals surface area contributed by atoms with Gasteiger partial charge in [0.15, 0.2) is 0 Å². The van der Waals surface area contributed by atoms with Crippen molar-refractivity contribution in [2.24, 2.45) is 0 Å². The summed E-state index contributed by atoms with van der Waals surface area (Å²) in [7, 11) is 0. The molecule has 0 aromatic rings. The minimum Gasteiger partial charge on any atom is -0.367 e. The molecule has 1 aliphatic heterocycles. The number of rotatable bonds is 5. The first kappa shape index (κ1) is 12.8. The van der Waals surface area contributed by atoms with E-state index in [9.17, 15) is 4.79 Å². The second-order valence-electron chi connectivity index (χ2n) is 5.23. The average Bonchev–Trinajstić information content (AvgIpc) is 3.14. The number of hydrogen-bond acceptors (Lipinski definition) is 3. The Morgan fingerprint density at radius 2 is 2.12 bits per heavy atom. The monoisotopic (exact) mass is 240 g/mol. The normalized spacial score (nSPS) is 29.1. The molecule has 0 aromatic carbocycles. The lowest BCUT2D eigenvalue weighted by atomic mass is 10.0. The van der Waals surface area contributed by atoms with Gasteiger partial charge >= 0.3 is 0 Å². The second kappa shape index (κ2) is 5.83. The Balaban J connectivity index is 1.68. The predicted molar refractivity (Wildman–Crippen MR) is 66.8 cm³/mol. The van der Waals surface area contributed by atoms with Gasteiger partial charge < -0.3 is 15.0 Å². The first-order chi connectivity index (χ1) is 8.20. The third-order valence-corrected chi connectivity index (χ3v) is 3.71. The zero-order chi connectivity index (χ0) is 12.3. The summed E-state index contributed by atoms with van der Waals surface area (Å²) in [6.45, 7) is 6.18. The van der Waals surface area contributed by atoms with Crippen LogP contribution in [0.4, 0.5) is 0 Å². The van der Waals surface area contributed by atoms with Gasteiger partial charge in [-0.25, -0.2) is 0 Å². The van der Waals surface area contributed by atoms with Crippen LogP contribution >= 0.6 is 0 Å². The Morgan fingerprint density at radius 3 is 2.65 bits per heavy atom. The first-order valence-corrected chi connectivity index (χ1v) is 6.85. The van der Waals surface area contributed by atoms with Crippen molar-refractivity contribution in [2.75, 3.05) is 19.7 Å². The molecule has 1 aliphatic carbocycles. The van der Waals surface area contributed by atoms with Crippen molar-refractivity contribution in [2.45, 2.75) is 57.7 Å². The molecule has 2 fully saturated rings. The van der Waals surface area contributed by atoms with Gasteiger partial charge in [0.25, 0.3) is 0 Å². The van der Waals surface area contributed by atoms with Gasteiger partial charge in [0.1, 0.15) is 6.61 Å². The molecule has 1 heterocycles. The standard InChI is InChI=1S/C13H24N2O2/c1-3-15(11-5-6-11)13(16)9-17-12-7-4-10(2)14-8-12/h10-12,14H,3-9H2,1-2H3. The molecule has 98 valence electrons. The molecular formula is C13H24N2O2. The van der Waals surface area contributed by atoms with Crippen molar-refractivity contribution in [1.29, 1.82) is 0 Å². The van der Waals surface area contributed by atoms with Crippen LogP contribution in [0.5, 0.6) is 0 Å². The molecule has 2 atom stereocenters. The Labute approximate surface area is 104 Å². The second-order valence-corrected chi connectivity index (χ2v) is 5.23. The largest absolute Gasteiger partial charge is 0.367 e. The number of nitrogens with one attached hydrogen (secondary N) is 1. The van der Waals surface area contributed by atoms with Gasteiger partial charge in [-0.2, -0.15) is 0 Å². The zero-order valence-corrected chi connectivity index (χ0v) is 10.9. The van der Waals surface area contributed by atoms with Crippen LogP contribution < -0.4 is 5.32 Å². The Morgan fingerprint density at radius 1 is 1.35 bits per heavy atom. The third kappa shape index (κ3) is 3.68. The van der Waals surface area contributed by atoms with Gasteiger partial charge in [0.05, 0.1) is 6.10 Å². The molecule has 4 nitrogen and oxygen atoms in total. The number of nitrogens with zero attached hydrogens (tertiary/aromatic N) is 1. The summed E-state index contributed by atoms with van der Waals surface area (Å²) in [6.07, 6.45) is 4.76. The summed E-state index contributed by atoms with van der Waals surface area (Å²) in [6, 6.07) is 1.09. The predicted octanol–water partition coefficient (Wildman–Crippen LogP) is 1.15. The maximum absolute atomic E-state index is 11.9. The highest BCUT2D eigenvalue weighted by atomic mass is 16.5. The van der Waals surface area contributed by atoms with Crippen molar-refractivity contribution in [3.8, 4) is 0 Å². The molecule has 1 amide bonds. The van der Waals surface area contributed by atoms with E-state index in [2.05, 4.69) is 12.2 Å². The van der Waals surface area contributed by atoms with E-state index in [0.717, 1.165) is 25.9 Å². The number of piperidine rings is 1. The smallest absolute Gasteiger partial charge is 0.248 e. The molecule has 1 saturated heterocycles. The maximum atomic E-state index is 11.9. The number of likely N-dealkylation sites (N-methyl/N-ethyl adjacent to an activating group) is 1. The van der Waals surface area contributed by atoms with E-state index < -0.39 is 0 Å². The van der Waals surface area contributed by atoms with Crippen molar-refractivity contribution in [3.05, 3.63) is 0 Å². The fraction of sp³-hybridized carbons (Fsp3) is 0.923. The molecule has 2 unspecified atom stereocenters. The van der Waals surface area contributed by atoms with E-state index in [-0.39, 0.29) is 18.6 Å². The number of hydrogen-bond donors (Lipinski definition) is 1. The van der Waals surface area contributed by atoms with E-state index in [1.807, 2.05) is 11.8 Å². The van der Waals surface area contributed by atoms with Crippen molar-refractivity contribution in [1.82, 2.24) is 10.2 Å². The van der Waals surface area contributed by atoms with Crippen LogP contribution in [0.1, 0.15) is 39.5 Å². The van der Waals surface area contributed by atoms with Crippen molar-refractivity contribution in [3.63, 3.8) is 0 Å². The van der Waals surface area contributed by atoms with E-state index in [0.29, 0.717) is 12.1 Å². The summed E-state index contributed by atoms with van der Waals surface area (Å²) >= 11 is 0. The van der Waals surface area contributed by atoms with Crippen LogP contribution in [0.15, 0.2) is 0 Å². The fourth-order valence-corrected chi connectivity index (χ4v) is 2.41. The minimum atomic E-state index is 0.161. The average molecular weight is 240 g/mol. The van der Waals surface area contributed by atoms with Gasteiger partial charge in [0, 0.05) is 25.2 Å². The lowest BCUT2D eigenvalue weighted by molar-refractivity contribution is -0.139. The molecule has 0 bridgehead atoms. The number of carbonyl (C=O) groups excluding carboxylic acids is 1. The summed E-state index contributed by atoms with van der Waals surface area (Å²) in [4.78, 5) is 13.9. The number of amides is 1. The van der Waals surface area contributed by atoms with E-state index in [1.54, 1.807) is 0 Å². The summed E-state index contributed by atoms with van der Waals surface area (Å²) in [5, 5.41) is 3.38. The molecule has 0 aromatic heterocycles. The Kier molecular flexibility index (Phi) is 4.40. The van der Waals surface area contributed by atoms with Crippen LogP contribution in [0.3, 0.4) is 0 Å². The molecule has 2 aliphatic rings. The van der Waals surface area contributed by atoms with Crippen LogP contribution in [0.2, 0.25) is 0 Å². The van der Waals surface area contributed by atoms with Crippen molar-refractivity contribution >= 4 is 5.91 Å². The molecule has 17 heavy (non-hydrogen) atoms. The Bertz CT molecular complexity index is 258. The quantitative estimate of drug-likeness (QED) is 0.784. The van der Waals surface area contributed by atoms with E-state index >= 15 is 0 Å². The number of carbonyl (C=O) groups is 1. The van der Waals surface area contributed by atoms with E-state index in [1.165, 1.54) is 12.8 Å². The van der Waals surface area contributed by atoms with Gasteiger partial charge in [0.2, 0.25) is 5.91 Å². The summed E-state index contributed by atoms with van der Waals surface area (Å²) in [5.41, 5.74) is 0. The van der Waals surface area contributed by atoms with Gasteiger partial charge in [-0.3, -0.25) is 4.79 Å². The van der Waals surface area contributed by atoms with Crippen molar-refractivity contribution < 1.29 is 9.53 Å². The molecule has 4 heteroatoms. The Hall–Kier alpha value is -0.610. The molecule has 1 saturated carbocycles. The highest BCUT2D eigenvalue weighted by Crippen LogP contribution is 2.26. The van der Waals surface area contributed by atoms with Gasteiger partial charge in [-0.05, 0) is 39.5 Å². The maximum Gasteiger partial charge on any atom is 0.248 e. The molecule has 1 N–H and O–H groups in total. The van der Waals surface area contributed by atoms with Crippen LogP contribution in [-0.4, -0.2) is 48.7 Å². The summed E-state index contributed by atoms with van der Waals surface area (Å²) in [5.74, 6) is 0.161. The minimum absolute atomic E-state index is 0.161. The van der Waals surface area contributed by atoms with Crippen LogP contribution in [0.25, 0.3) is 0 Å². The van der Waals surface area contributed by atoms with E-state index in [4.69, 9.17) is 4.74 Å². The summed E-state index contributed by atoms with van der Waals surface area (Å²) < 4.78 is 5.70. The highest BCUT2D eigenvalue weighted by molar-refractivity contribution is 5.78. The third-order valence-electron chi connectivity index (χ3n) is 3.71. The number of ether oxygens (including phenoxy) is 1. The molecule has 2 rings (SSSR count). The van der Waals surface area contributed by atoms with Crippen LogP contribution in [-0.2, 0) is 9.53 Å². The van der Waals surface area contributed by atoms with Gasteiger partial charge in [-0.1, -0.05) is 0 Å². The highest BCUT2D eigenvalue weighted by Gasteiger charge is 2.31. The fourth-order valence-electron chi connectivity index (χ4n) is 2.41.